The summed E-state index contributed by atoms with van der Waals surface area (Å²) < 4.78 is 2.36. The zero-order chi connectivity index (χ0) is 27.6. The van der Waals surface area contributed by atoms with Crippen LogP contribution in [-0.2, 0) is 5.41 Å². The number of nitrogens with one attached hydrogen (secondary N) is 1. The Labute approximate surface area is 240 Å². The zero-order valence-electron chi connectivity index (χ0n) is 23.2. The Bertz CT molecular complexity index is 2040. The van der Waals surface area contributed by atoms with Crippen molar-refractivity contribution in [1.29, 1.82) is 0 Å². The molecule has 0 radical (unpaired) electrons. The number of anilines is 2. The molecule has 2 heteroatoms. The average Bonchev–Trinajstić information content (AvgIpc) is 3.46. The lowest BCUT2D eigenvalue weighted by Gasteiger charge is -2.22. The van der Waals surface area contributed by atoms with Gasteiger partial charge in [0.05, 0.1) is 11.0 Å². The van der Waals surface area contributed by atoms with E-state index in [1.165, 1.54) is 55.2 Å². The molecule has 8 rings (SSSR count). The molecule has 0 unspecified atom stereocenters. The lowest BCUT2D eigenvalue weighted by atomic mass is 9.82. The molecule has 0 saturated heterocycles. The van der Waals surface area contributed by atoms with Gasteiger partial charge in [-0.15, -0.1) is 0 Å². The fourth-order valence-corrected chi connectivity index (χ4v) is 6.73. The molecule has 0 saturated carbocycles. The van der Waals surface area contributed by atoms with E-state index in [9.17, 15) is 0 Å². The molecule has 1 aliphatic rings. The molecule has 7 aromatic rings. The molecule has 0 amide bonds. The van der Waals surface area contributed by atoms with Gasteiger partial charge in [-0.3, -0.25) is 0 Å². The van der Waals surface area contributed by atoms with Crippen molar-refractivity contribution in [3.05, 3.63) is 151 Å². The minimum absolute atomic E-state index is 0.0671. The first kappa shape index (κ1) is 23.8. The number of nitrogens with zero attached hydrogens (tertiary/aromatic N) is 1. The molecule has 1 aromatic heterocycles. The highest BCUT2D eigenvalue weighted by molar-refractivity contribution is 6.09. The van der Waals surface area contributed by atoms with E-state index >= 15 is 0 Å². The Morgan fingerprint density at radius 2 is 1.17 bits per heavy atom. The minimum atomic E-state index is -0.0671. The highest BCUT2D eigenvalue weighted by Gasteiger charge is 2.35. The third kappa shape index (κ3) is 3.72. The first-order valence-electron chi connectivity index (χ1n) is 14.3. The lowest BCUT2D eigenvalue weighted by Crippen LogP contribution is -2.15. The molecule has 0 aliphatic heterocycles. The number of rotatable bonds is 4. The van der Waals surface area contributed by atoms with Gasteiger partial charge in [-0.2, -0.15) is 0 Å². The Balaban J connectivity index is 1.17. The second kappa shape index (κ2) is 8.97. The summed E-state index contributed by atoms with van der Waals surface area (Å²) in [6.45, 7) is 4.68. The molecule has 2 nitrogen and oxygen atoms in total. The molecule has 1 heterocycles. The SMILES string of the molecule is CC1(C)c2ccc(-c3ccccc3)cc2-c2ccc(Nc3cccc(-n4c5ccccc5c5ccccc54)c3)cc21. The number of fused-ring (bicyclic) bond motifs is 6. The molecule has 196 valence electrons. The molecule has 1 N–H and O–H groups in total. The fraction of sp³-hybridized carbons (Fsp3) is 0.0769. The maximum Gasteiger partial charge on any atom is 0.0541 e. The standard InChI is InChI=1S/C39H30N2/c1-39(2)35-22-19-27(26-11-4-3-5-12-26)23-34(35)31-21-20-29(25-36(31)39)40-28-13-10-14-30(24-28)41-37-17-8-6-15-32(37)33-16-7-9-18-38(33)41/h3-25,40H,1-2H3. The van der Waals surface area contributed by atoms with Crippen LogP contribution in [0.5, 0.6) is 0 Å². The van der Waals surface area contributed by atoms with Crippen LogP contribution < -0.4 is 5.32 Å². The predicted octanol–water partition coefficient (Wildman–Crippen LogP) is 10.5. The van der Waals surface area contributed by atoms with Gasteiger partial charge in [0.1, 0.15) is 0 Å². The Hall–Kier alpha value is -5.08. The van der Waals surface area contributed by atoms with Gasteiger partial charge in [0.25, 0.3) is 0 Å². The summed E-state index contributed by atoms with van der Waals surface area (Å²) in [5.74, 6) is 0. The smallest absolute Gasteiger partial charge is 0.0541 e. The quantitative estimate of drug-likeness (QED) is 0.241. The monoisotopic (exact) mass is 526 g/mol. The van der Waals surface area contributed by atoms with E-state index in [0.717, 1.165) is 17.1 Å². The maximum absolute atomic E-state index is 3.72. The third-order valence-corrected chi connectivity index (χ3v) is 8.76. The Morgan fingerprint density at radius 1 is 0.488 bits per heavy atom. The van der Waals surface area contributed by atoms with Gasteiger partial charge >= 0.3 is 0 Å². The average molecular weight is 527 g/mol. The van der Waals surface area contributed by atoms with E-state index in [2.05, 4.69) is 163 Å². The van der Waals surface area contributed by atoms with Gasteiger partial charge in [-0.1, -0.05) is 105 Å². The highest BCUT2D eigenvalue weighted by atomic mass is 15.0. The molecule has 0 bridgehead atoms. The van der Waals surface area contributed by atoms with E-state index in [0.29, 0.717) is 0 Å². The molecule has 0 spiro atoms. The first-order valence-corrected chi connectivity index (χ1v) is 14.3. The van der Waals surface area contributed by atoms with Crippen LogP contribution in [0.1, 0.15) is 25.0 Å². The van der Waals surface area contributed by atoms with Gasteiger partial charge < -0.3 is 9.88 Å². The maximum atomic E-state index is 3.72. The number of para-hydroxylation sites is 2. The van der Waals surface area contributed by atoms with Gasteiger partial charge in [0.15, 0.2) is 0 Å². The van der Waals surface area contributed by atoms with E-state index in [-0.39, 0.29) is 5.41 Å². The predicted molar refractivity (Wildman–Crippen MR) is 174 cm³/mol. The number of hydrogen-bond donors (Lipinski definition) is 1. The Morgan fingerprint density at radius 3 is 1.93 bits per heavy atom. The van der Waals surface area contributed by atoms with E-state index in [1.807, 2.05) is 0 Å². The molecular weight excluding hydrogens is 496 g/mol. The van der Waals surface area contributed by atoms with Crippen LogP contribution in [0.25, 0.3) is 49.7 Å². The van der Waals surface area contributed by atoms with Crippen molar-refractivity contribution in [2.45, 2.75) is 19.3 Å². The summed E-state index contributed by atoms with van der Waals surface area (Å²) in [7, 11) is 0. The van der Waals surface area contributed by atoms with Crippen LogP contribution in [0.4, 0.5) is 11.4 Å². The van der Waals surface area contributed by atoms with Gasteiger partial charge in [0, 0.05) is 33.2 Å². The van der Waals surface area contributed by atoms with Crippen LogP contribution in [0.15, 0.2) is 140 Å². The molecule has 6 aromatic carbocycles. The molecule has 1 aliphatic carbocycles. The minimum Gasteiger partial charge on any atom is -0.355 e. The van der Waals surface area contributed by atoms with Crippen molar-refractivity contribution >= 4 is 33.2 Å². The lowest BCUT2D eigenvalue weighted by molar-refractivity contribution is 0.660. The molecule has 41 heavy (non-hydrogen) atoms. The second-order valence-electron chi connectivity index (χ2n) is 11.6. The first-order chi connectivity index (χ1) is 20.1. The summed E-state index contributed by atoms with van der Waals surface area (Å²) in [5.41, 5.74) is 13.6. The van der Waals surface area contributed by atoms with Crippen LogP contribution in [-0.4, -0.2) is 4.57 Å². The van der Waals surface area contributed by atoms with Crippen LogP contribution in [0.3, 0.4) is 0 Å². The summed E-state index contributed by atoms with van der Waals surface area (Å²) in [6, 6.07) is 50.5. The summed E-state index contributed by atoms with van der Waals surface area (Å²) in [5, 5.41) is 6.27. The third-order valence-electron chi connectivity index (χ3n) is 8.76. The van der Waals surface area contributed by atoms with E-state index in [4.69, 9.17) is 0 Å². The molecule has 0 fully saturated rings. The van der Waals surface area contributed by atoms with Crippen molar-refractivity contribution < 1.29 is 0 Å². The van der Waals surface area contributed by atoms with Crippen molar-refractivity contribution in [3.8, 4) is 27.9 Å². The van der Waals surface area contributed by atoms with Crippen molar-refractivity contribution in [2.24, 2.45) is 0 Å². The largest absolute Gasteiger partial charge is 0.355 e. The van der Waals surface area contributed by atoms with Gasteiger partial charge in [-0.25, -0.2) is 0 Å². The second-order valence-corrected chi connectivity index (χ2v) is 11.6. The number of aromatic nitrogens is 1. The summed E-state index contributed by atoms with van der Waals surface area (Å²) >= 11 is 0. The zero-order valence-corrected chi connectivity index (χ0v) is 23.2. The highest BCUT2D eigenvalue weighted by Crippen LogP contribution is 2.50. The van der Waals surface area contributed by atoms with Gasteiger partial charge in [0.2, 0.25) is 0 Å². The van der Waals surface area contributed by atoms with E-state index < -0.39 is 0 Å². The normalized spacial score (nSPS) is 13.3. The molecular formula is C39H30N2. The van der Waals surface area contributed by atoms with Crippen LogP contribution >= 0.6 is 0 Å². The number of hydrogen-bond acceptors (Lipinski definition) is 1. The Kier molecular flexibility index (Phi) is 5.20. The van der Waals surface area contributed by atoms with Crippen molar-refractivity contribution in [2.75, 3.05) is 5.32 Å². The summed E-state index contributed by atoms with van der Waals surface area (Å²) in [6.07, 6.45) is 0. The van der Waals surface area contributed by atoms with E-state index in [1.54, 1.807) is 0 Å². The van der Waals surface area contributed by atoms with Crippen LogP contribution in [0.2, 0.25) is 0 Å². The van der Waals surface area contributed by atoms with Crippen LogP contribution in [0, 0.1) is 0 Å². The number of benzene rings is 6. The van der Waals surface area contributed by atoms with Crippen molar-refractivity contribution in [1.82, 2.24) is 4.57 Å². The van der Waals surface area contributed by atoms with Gasteiger partial charge in [-0.05, 0) is 81.9 Å². The molecule has 0 atom stereocenters. The topological polar surface area (TPSA) is 17.0 Å². The van der Waals surface area contributed by atoms with Crippen molar-refractivity contribution in [3.63, 3.8) is 0 Å². The summed E-state index contributed by atoms with van der Waals surface area (Å²) in [4.78, 5) is 0. The fourth-order valence-electron chi connectivity index (χ4n) is 6.73.